The molecule has 0 saturated heterocycles. The van der Waals surface area contributed by atoms with Crippen LogP contribution in [0.2, 0.25) is 0 Å². The van der Waals surface area contributed by atoms with Crippen molar-refractivity contribution >= 4 is 5.57 Å². The third-order valence-electron chi connectivity index (χ3n) is 14.9. The van der Waals surface area contributed by atoms with Crippen molar-refractivity contribution in [1.29, 1.82) is 0 Å². The molecule has 0 saturated carbocycles. The van der Waals surface area contributed by atoms with Crippen LogP contribution in [0.1, 0.15) is 116 Å². The largest absolute Gasteiger partial charge is 0.300 e. The Hall–Kier alpha value is -7.32. The average Bonchev–Trinajstić information content (AvgIpc) is 3.65. The third kappa shape index (κ3) is 10.2. The zero-order valence-electron chi connectivity index (χ0n) is 41.3. The van der Waals surface area contributed by atoms with Gasteiger partial charge in [-0.15, -0.1) is 0 Å². The Bertz CT molecular complexity index is 3060. The SMILES string of the molecule is CCCC(=CC(NC(C)c1ccccc1)c1ccc2c(c1)C(C)(C)c1ccccc1-2)c1ccc(-c2ccc(CCCC(c3ccc(-c4ccccc4)cc3)c3ccc(-c4ccccc4)cc3)cc2)cc1. The zero-order chi connectivity index (χ0) is 47.9. The molecule has 70 heavy (non-hydrogen) atoms. The maximum atomic E-state index is 4.07. The van der Waals surface area contributed by atoms with E-state index in [0.29, 0.717) is 5.92 Å². The van der Waals surface area contributed by atoms with E-state index in [9.17, 15) is 0 Å². The minimum atomic E-state index is -0.0578. The highest BCUT2D eigenvalue weighted by Crippen LogP contribution is 2.49. The predicted octanol–water partition coefficient (Wildman–Crippen LogP) is 18.4. The fourth-order valence-electron chi connectivity index (χ4n) is 10.9. The van der Waals surface area contributed by atoms with E-state index >= 15 is 0 Å². The number of hydrogen-bond donors (Lipinski definition) is 1. The van der Waals surface area contributed by atoms with Crippen LogP contribution in [-0.4, -0.2) is 0 Å². The Kier molecular flexibility index (Phi) is 14.0. The van der Waals surface area contributed by atoms with Gasteiger partial charge in [-0.25, -0.2) is 0 Å². The molecule has 2 unspecified atom stereocenters. The Morgan fingerprint density at radius 3 is 1.51 bits per heavy atom. The first-order valence-electron chi connectivity index (χ1n) is 25.6. The van der Waals surface area contributed by atoms with Gasteiger partial charge in [-0.3, -0.25) is 0 Å². The number of rotatable bonds is 17. The molecule has 0 fully saturated rings. The molecule has 0 heterocycles. The lowest BCUT2D eigenvalue weighted by Crippen LogP contribution is -2.24. The van der Waals surface area contributed by atoms with Crippen molar-refractivity contribution in [3.63, 3.8) is 0 Å². The van der Waals surface area contributed by atoms with Crippen molar-refractivity contribution in [2.45, 2.75) is 83.2 Å². The lowest BCUT2D eigenvalue weighted by atomic mass is 9.81. The van der Waals surface area contributed by atoms with Gasteiger partial charge >= 0.3 is 0 Å². The molecule has 0 aromatic heterocycles. The van der Waals surface area contributed by atoms with Crippen molar-refractivity contribution in [2.24, 2.45) is 0 Å². The van der Waals surface area contributed by atoms with Crippen LogP contribution in [0.4, 0.5) is 0 Å². The number of allylic oxidation sites excluding steroid dienone is 1. The summed E-state index contributed by atoms with van der Waals surface area (Å²) in [6.07, 6.45) is 7.80. The second-order valence-corrected chi connectivity index (χ2v) is 19.9. The Balaban J connectivity index is 0.856. The van der Waals surface area contributed by atoms with Gasteiger partial charge in [0.15, 0.2) is 0 Å². The van der Waals surface area contributed by atoms with Crippen molar-refractivity contribution in [3.05, 3.63) is 281 Å². The van der Waals surface area contributed by atoms with E-state index in [4.69, 9.17) is 0 Å². The number of fused-ring (bicyclic) bond motifs is 3. The van der Waals surface area contributed by atoms with Gasteiger partial charge < -0.3 is 5.32 Å². The Morgan fingerprint density at radius 2 is 0.943 bits per heavy atom. The molecule has 1 aliphatic rings. The maximum Gasteiger partial charge on any atom is 0.0516 e. The molecule has 0 spiro atoms. The third-order valence-corrected chi connectivity index (χ3v) is 14.9. The molecule has 0 bridgehead atoms. The van der Waals surface area contributed by atoms with Crippen LogP contribution >= 0.6 is 0 Å². The topological polar surface area (TPSA) is 12.0 Å². The van der Waals surface area contributed by atoms with Crippen LogP contribution in [0.15, 0.2) is 237 Å². The molecule has 0 radical (unpaired) electrons. The molecule has 2 atom stereocenters. The van der Waals surface area contributed by atoms with Gasteiger partial charge in [0, 0.05) is 17.4 Å². The summed E-state index contributed by atoms with van der Waals surface area (Å²) in [5.41, 5.74) is 22.4. The summed E-state index contributed by atoms with van der Waals surface area (Å²) in [5, 5.41) is 4.07. The van der Waals surface area contributed by atoms with Crippen molar-refractivity contribution in [2.75, 3.05) is 0 Å². The van der Waals surface area contributed by atoms with Crippen LogP contribution in [0.5, 0.6) is 0 Å². The summed E-state index contributed by atoms with van der Waals surface area (Å²) < 4.78 is 0. The molecular weight excluding hydrogens is 843 g/mol. The van der Waals surface area contributed by atoms with Crippen LogP contribution < -0.4 is 5.32 Å². The van der Waals surface area contributed by atoms with Gasteiger partial charge in [-0.1, -0.05) is 264 Å². The smallest absolute Gasteiger partial charge is 0.0516 e. The van der Waals surface area contributed by atoms with E-state index in [1.54, 1.807) is 0 Å². The summed E-state index contributed by atoms with van der Waals surface area (Å²) in [6.45, 7) is 9.33. The zero-order valence-corrected chi connectivity index (χ0v) is 41.3. The van der Waals surface area contributed by atoms with Gasteiger partial charge in [0.05, 0.1) is 6.04 Å². The van der Waals surface area contributed by atoms with Crippen molar-refractivity contribution in [1.82, 2.24) is 5.32 Å². The maximum absolute atomic E-state index is 4.07. The highest BCUT2D eigenvalue weighted by Gasteiger charge is 2.35. The van der Waals surface area contributed by atoms with Crippen molar-refractivity contribution < 1.29 is 0 Å². The summed E-state index contributed by atoms with van der Waals surface area (Å²) in [4.78, 5) is 0. The van der Waals surface area contributed by atoms with Crippen LogP contribution in [0.25, 0.3) is 50.1 Å². The molecule has 1 heteroatoms. The molecule has 9 aromatic carbocycles. The van der Waals surface area contributed by atoms with Crippen LogP contribution in [0.3, 0.4) is 0 Å². The number of aryl methyl sites for hydroxylation is 1. The minimum absolute atomic E-state index is 0.0319. The average molecular weight is 908 g/mol. The second-order valence-electron chi connectivity index (χ2n) is 19.9. The number of hydrogen-bond acceptors (Lipinski definition) is 1. The van der Waals surface area contributed by atoms with Gasteiger partial charge in [0.25, 0.3) is 0 Å². The Morgan fingerprint density at radius 1 is 0.471 bits per heavy atom. The second kappa shape index (κ2) is 21.1. The molecule has 346 valence electrons. The molecular formula is C69H65N. The minimum Gasteiger partial charge on any atom is -0.300 e. The fourth-order valence-corrected chi connectivity index (χ4v) is 10.9. The van der Waals surface area contributed by atoms with Crippen molar-refractivity contribution in [3.8, 4) is 44.5 Å². The summed E-state index contributed by atoms with van der Waals surface area (Å²) in [6, 6.07) is 85.7. The summed E-state index contributed by atoms with van der Waals surface area (Å²) in [5.74, 6) is 0.316. The van der Waals surface area contributed by atoms with E-state index in [2.05, 4.69) is 270 Å². The lowest BCUT2D eigenvalue weighted by Gasteiger charge is -2.26. The summed E-state index contributed by atoms with van der Waals surface area (Å²) >= 11 is 0. The highest BCUT2D eigenvalue weighted by molar-refractivity contribution is 5.81. The first-order valence-corrected chi connectivity index (χ1v) is 25.6. The predicted molar refractivity (Wildman–Crippen MR) is 298 cm³/mol. The van der Waals surface area contributed by atoms with Gasteiger partial charge in [-0.05, 0) is 127 Å². The van der Waals surface area contributed by atoms with Gasteiger partial charge in [-0.2, -0.15) is 0 Å². The first kappa shape index (κ1) is 46.4. The van der Waals surface area contributed by atoms with E-state index in [1.807, 2.05) is 0 Å². The molecule has 1 nitrogen and oxygen atoms in total. The summed E-state index contributed by atoms with van der Waals surface area (Å²) in [7, 11) is 0. The van der Waals surface area contributed by atoms with E-state index < -0.39 is 0 Å². The molecule has 0 aliphatic heterocycles. The monoisotopic (exact) mass is 908 g/mol. The van der Waals surface area contributed by atoms with Crippen LogP contribution in [0, 0.1) is 0 Å². The van der Waals surface area contributed by atoms with Gasteiger partial charge in [0.1, 0.15) is 0 Å². The molecule has 0 amide bonds. The molecule has 10 rings (SSSR count). The van der Waals surface area contributed by atoms with E-state index in [1.165, 1.54) is 94.6 Å². The fraction of sp³-hybridized carbons (Fsp3) is 0.188. The Labute approximate surface area is 417 Å². The number of nitrogens with one attached hydrogen (secondary N) is 1. The highest BCUT2D eigenvalue weighted by atomic mass is 14.9. The normalized spacial score (nSPS) is 13.7. The van der Waals surface area contributed by atoms with Gasteiger partial charge in [0.2, 0.25) is 0 Å². The lowest BCUT2D eigenvalue weighted by molar-refractivity contribution is 0.525. The number of benzene rings is 9. The quantitative estimate of drug-likeness (QED) is 0.0960. The van der Waals surface area contributed by atoms with E-state index in [0.717, 1.165) is 32.1 Å². The molecule has 1 N–H and O–H groups in total. The van der Waals surface area contributed by atoms with E-state index in [-0.39, 0.29) is 17.5 Å². The first-order chi connectivity index (χ1) is 34.3. The van der Waals surface area contributed by atoms with Crippen LogP contribution in [-0.2, 0) is 11.8 Å². The molecule has 1 aliphatic carbocycles. The standard InChI is InChI=1S/C69H65N/c1-5-18-61(48-68(70-49(2)51-20-9-6-10-21-51)62-45-46-65-64-26-15-16-28-66(64)69(3,4)67(65)47-62)58-35-33-57(34-36-58)54-31-29-50(30-32-54)19-17-27-63(59-41-37-55(38-42-59)52-22-11-7-12-23-52)60-43-39-56(40-44-60)53-24-13-8-14-25-53/h6-16,20-26,28-49,63,68,70H,5,17-19,27H2,1-4H3. The molecule has 9 aromatic rings.